The lowest BCUT2D eigenvalue weighted by Gasteiger charge is -2.61. The van der Waals surface area contributed by atoms with Crippen LogP contribution >= 0.6 is 11.6 Å². The Hall–Kier alpha value is -1.46. The minimum absolute atomic E-state index is 0.0947. The quantitative estimate of drug-likeness (QED) is 0.575. The maximum Gasteiger partial charge on any atom is 0.159 e. The lowest BCUT2D eigenvalue weighted by Crippen LogP contribution is -2.55. The van der Waals surface area contributed by atoms with E-state index in [-0.39, 0.29) is 17.9 Å². The van der Waals surface area contributed by atoms with Crippen molar-refractivity contribution in [2.24, 2.45) is 40.4 Å². The predicted octanol–water partition coefficient (Wildman–Crippen LogP) is 6.06. The molecule has 1 N–H and O–H groups in total. The van der Waals surface area contributed by atoms with E-state index in [0.29, 0.717) is 28.1 Å². The molecule has 6 rings (SSSR count). The third-order valence-electron chi connectivity index (χ3n) is 11.0. The highest BCUT2D eigenvalue weighted by molar-refractivity contribution is 6.31. The van der Waals surface area contributed by atoms with Crippen molar-refractivity contribution in [3.05, 3.63) is 23.2 Å². The topological polar surface area (TPSA) is 68.0 Å². The average Bonchev–Trinajstić information content (AvgIpc) is 3.33. The van der Waals surface area contributed by atoms with Crippen molar-refractivity contribution in [3.63, 3.8) is 0 Å². The molecule has 5 nitrogen and oxygen atoms in total. The Kier molecular flexibility index (Phi) is 5.25. The van der Waals surface area contributed by atoms with E-state index < -0.39 is 5.60 Å². The lowest BCUT2D eigenvalue weighted by atomic mass is 9.44. The van der Waals surface area contributed by atoms with Crippen molar-refractivity contribution in [2.75, 3.05) is 0 Å². The largest absolute Gasteiger partial charge is 0.390 e. The molecule has 1 heterocycles. The summed E-state index contributed by atoms with van der Waals surface area (Å²) in [7, 11) is 0. The molecule has 0 saturated heterocycles. The first-order valence-corrected chi connectivity index (χ1v) is 13.7. The number of ketones is 1. The molecule has 2 aromatic rings. The molecular weight excluding hydrogens is 446 g/mol. The number of aromatic nitrogens is 3. The minimum Gasteiger partial charge on any atom is -0.390 e. The van der Waals surface area contributed by atoms with Crippen molar-refractivity contribution in [3.8, 4) is 0 Å². The highest BCUT2D eigenvalue weighted by Crippen LogP contribution is 2.68. The number of carbonyl (C=O) groups is 1. The summed E-state index contributed by atoms with van der Waals surface area (Å²) in [5, 5.41) is 20.4. The maximum atomic E-state index is 13.6. The first kappa shape index (κ1) is 23.0. The zero-order valence-corrected chi connectivity index (χ0v) is 21.5. The molecule has 4 fully saturated rings. The van der Waals surface area contributed by atoms with E-state index in [4.69, 9.17) is 11.6 Å². The second-order valence-electron chi connectivity index (χ2n) is 12.9. The van der Waals surface area contributed by atoms with Crippen LogP contribution < -0.4 is 0 Å². The number of rotatable bonds is 3. The first-order valence-electron chi connectivity index (χ1n) is 13.3. The molecule has 1 aromatic heterocycles. The van der Waals surface area contributed by atoms with Gasteiger partial charge in [-0.2, -0.15) is 15.0 Å². The summed E-state index contributed by atoms with van der Waals surface area (Å²) in [6.07, 6.45) is 10.1. The van der Waals surface area contributed by atoms with Gasteiger partial charge in [-0.15, -0.1) is 0 Å². The van der Waals surface area contributed by atoms with Crippen LogP contribution in [0, 0.1) is 40.4 Å². The third-order valence-corrected chi connectivity index (χ3v) is 11.3. The Labute approximate surface area is 207 Å². The van der Waals surface area contributed by atoms with Gasteiger partial charge in [0, 0.05) is 10.9 Å². The number of Topliss-reactive ketones (excluding diaryl/α,β-unsaturated/α-hetero) is 1. The van der Waals surface area contributed by atoms with Crippen LogP contribution in [-0.4, -0.2) is 31.5 Å². The fourth-order valence-electron chi connectivity index (χ4n) is 9.21. The van der Waals surface area contributed by atoms with E-state index in [1.165, 1.54) is 25.7 Å². The van der Waals surface area contributed by atoms with Crippen molar-refractivity contribution < 1.29 is 9.90 Å². The average molecular weight is 484 g/mol. The zero-order chi connectivity index (χ0) is 23.9. The molecule has 1 aromatic carbocycles. The number of nitrogens with zero attached hydrogens (tertiary/aromatic N) is 3. The second kappa shape index (κ2) is 7.77. The van der Waals surface area contributed by atoms with Gasteiger partial charge in [-0.1, -0.05) is 25.4 Å². The van der Waals surface area contributed by atoms with Crippen LogP contribution in [0.15, 0.2) is 18.2 Å². The molecule has 4 aliphatic rings. The highest BCUT2D eigenvalue weighted by atomic mass is 35.5. The third kappa shape index (κ3) is 3.48. The van der Waals surface area contributed by atoms with E-state index in [1.807, 2.05) is 19.1 Å². The summed E-state index contributed by atoms with van der Waals surface area (Å²) < 4.78 is 0. The summed E-state index contributed by atoms with van der Waals surface area (Å²) in [5.74, 6) is 3.17. The number of benzene rings is 1. The molecule has 184 valence electrons. The lowest BCUT2D eigenvalue weighted by molar-refractivity contribution is -0.151. The SMILES string of the molecule is C[C@@]1(O)CC[C@@]2(C)[C@@H](CC[C@@H]3[C@@H]2CC[C@]2(C)[C@@H](C(=O)Cn4nc5ccc(Cl)cc5n4)CC[C@@H]32)C1. The van der Waals surface area contributed by atoms with Crippen LogP contribution in [-0.2, 0) is 11.3 Å². The van der Waals surface area contributed by atoms with E-state index in [9.17, 15) is 9.90 Å². The number of hydrogen-bond donors (Lipinski definition) is 1. The standard InChI is InChI=1S/C28H38ClN3O2/c1-26(34)12-13-27(2)17(15-26)4-6-19-20-7-8-22(28(20,3)11-10-21(19)27)25(33)16-32-30-23-9-5-18(29)14-24(23)31-32/h5,9,14,17,19-22,34H,4,6-8,10-13,15-16H2,1-3H3/t17-,19-,20-,21-,22+,26+,27-,28-/m0/s1. The Morgan fingerprint density at radius 2 is 1.76 bits per heavy atom. The molecule has 34 heavy (non-hydrogen) atoms. The summed E-state index contributed by atoms with van der Waals surface area (Å²) in [6.45, 7) is 7.23. The van der Waals surface area contributed by atoms with Crippen LogP contribution in [0.3, 0.4) is 0 Å². The molecule has 0 unspecified atom stereocenters. The maximum absolute atomic E-state index is 13.6. The van der Waals surface area contributed by atoms with Gasteiger partial charge in [-0.3, -0.25) is 4.79 Å². The van der Waals surface area contributed by atoms with Gasteiger partial charge in [0.2, 0.25) is 0 Å². The predicted molar refractivity (Wildman–Crippen MR) is 133 cm³/mol. The smallest absolute Gasteiger partial charge is 0.159 e. The minimum atomic E-state index is -0.484. The number of halogens is 1. The molecule has 0 spiro atoms. The van der Waals surface area contributed by atoms with E-state index >= 15 is 0 Å². The van der Waals surface area contributed by atoms with Crippen LogP contribution in [0.1, 0.15) is 78.6 Å². The molecule has 8 atom stereocenters. The van der Waals surface area contributed by atoms with Gasteiger partial charge < -0.3 is 5.11 Å². The summed E-state index contributed by atoms with van der Waals surface area (Å²) in [4.78, 5) is 15.2. The Bertz CT molecular complexity index is 1130. The Morgan fingerprint density at radius 3 is 2.59 bits per heavy atom. The fraction of sp³-hybridized carbons (Fsp3) is 0.750. The summed E-state index contributed by atoms with van der Waals surface area (Å²) in [5.41, 5.74) is 1.49. The van der Waals surface area contributed by atoms with Gasteiger partial charge in [-0.05, 0) is 117 Å². The molecular formula is C28H38ClN3O2. The highest BCUT2D eigenvalue weighted by Gasteiger charge is 2.61. The summed E-state index contributed by atoms with van der Waals surface area (Å²) >= 11 is 6.10. The number of carbonyl (C=O) groups excluding carboxylic acids is 1. The van der Waals surface area contributed by atoms with Crippen molar-refractivity contribution >= 4 is 28.4 Å². The van der Waals surface area contributed by atoms with Crippen molar-refractivity contribution in [2.45, 2.75) is 90.7 Å². The van der Waals surface area contributed by atoms with Crippen molar-refractivity contribution in [1.82, 2.24) is 15.0 Å². The number of fused-ring (bicyclic) bond motifs is 6. The molecule has 0 radical (unpaired) electrons. The van der Waals surface area contributed by atoms with Crippen LogP contribution in [0.2, 0.25) is 5.02 Å². The van der Waals surface area contributed by atoms with E-state index in [1.54, 1.807) is 10.9 Å². The van der Waals surface area contributed by atoms with E-state index in [0.717, 1.165) is 55.0 Å². The first-order chi connectivity index (χ1) is 16.1. The van der Waals surface area contributed by atoms with Gasteiger partial charge in [0.1, 0.15) is 17.6 Å². The van der Waals surface area contributed by atoms with Gasteiger partial charge in [0.05, 0.1) is 5.60 Å². The van der Waals surface area contributed by atoms with Crippen molar-refractivity contribution in [1.29, 1.82) is 0 Å². The summed E-state index contributed by atoms with van der Waals surface area (Å²) in [6, 6.07) is 5.48. The normalized spacial score (nSPS) is 43.9. The fourth-order valence-corrected chi connectivity index (χ4v) is 9.38. The molecule has 0 bridgehead atoms. The second-order valence-corrected chi connectivity index (χ2v) is 13.3. The molecule has 0 amide bonds. The van der Waals surface area contributed by atoms with Crippen LogP contribution in [0.5, 0.6) is 0 Å². The van der Waals surface area contributed by atoms with Crippen LogP contribution in [0.25, 0.3) is 11.0 Å². The van der Waals surface area contributed by atoms with Gasteiger partial charge in [0.15, 0.2) is 5.78 Å². The zero-order valence-electron chi connectivity index (χ0n) is 20.8. The van der Waals surface area contributed by atoms with Gasteiger partial charge in [0.25, 0.3) is 0 Å². The van der Waals surface area contributed by atoms with Gasteiger partial charge in [-0.25, -0.2) is 0 Å². The number of aliphatic hydroxyl groups is 1. The van der Waals surface area contributed by atoms with Crippen LogP contribution in [0.4, 0.5) is 0 Å². The monoisotopic (exact) mass is 483 g/mol. The molecule has 0 aliphatic heterocycles. The molecule has 6 heteroatoms. The Morgan fingerprint density at radius 1 is 1.00 bits per heavy atom. The Balaban J connectivity index is 1.20. The molecule has 4 saturated carbocycles. The van der Waals surface area contributed by atoms with Gasteiger partial charge >= 0.3 is 0 Å². The number of hydrogen-bond acceptors (Lipinski definition) is 4. The van der Waals surface area contributed by atoms with E-state index in [2.05, 4.69) is 24.0 Å². The molecule has 4 aliphatic carbocycles.